The minimum atomic E-state index is -0.263. The molecule has 1 aromatic heterocycles. The highest BCUT2D eigenvalue weighted by Crippen LogP contribution is 2.16. The van der Waals surface area contributed by atoms with Gasteiger partial charge in [0.2, 0.25) is 5.95 Å². The summed E-state index contributed by atoms with van der Waals surface area (Å²) in [7, 11) is 3.22. The van der Waals surface area contributed by atoms with Gasteiger partial charge < -0.3 is 20.1 Å². The van der Waals surface area contributed by atoms with Crippen molar-refractivity contribution < 1.29 is 14.3 Å². The van der Waals surface area contributed by atoms with Crippen LogP contribution in [0.15, 0.2) is 30.3 Å². The number of nitrogens with one attached hydrogen (secondary N) is 2. The third kappa shape index (κ3) is 4.92. The number of anilines is 1. The lowest BCUT2D eigenvalue weighted by Gasteiger charge is -2.10. The van der Waals surface area contributed by atoms with Gasteiger partial charge in [0, 0.05) is 31.5 Å². The summed E-state index contributed by atoms with van der Waals surface area (Å²) >= 11 is 0. The molecule has 7 heteroatoms. The molecule has 0 bridgehead atoms. The van der Waals surface area contributed by atoms with Crippen molar-refractivity contribution in [2.75, 3.05) is 32.7 Å². The van der Waals surface area contributed by atoms with Crippen molar-refractivity contribution >= 4 is 11.9 Å². The number of aryl methyl sites for hydroxylation is 1. The Morgan fingerprint density at radius 1 is 1.21 bits per heavy atom. The highest BCUT2D eigenvalue weighted by atomic mass is 16.5. The number of nitrogens with zero attached hydrogens (tertiary/aromatic N) is 2. The number of benzene rings is 1. The van der Waals surface area contributed by atoms with Gasteiger partial charge in [0.15, 0.2) is 0 Å². The molecule has 2 N–H and O–H groups in total. The molecular formula is C17H22N4O3. The largest absolute Gasteiger partial charge is 0.496 e. The van der Waals surface area contributed by atoms with Crippen molar-refractivity contribution in [3.05, 3.63) is 47.3 Å². The van der Waals surface area contributed by atoms with Crippen molar-refractivity contribution in [1.29, 1.82) is 0 Å². The monoisotopic (exact) mass is 330 g/mol. The quantitative estimate of drug-likeness (QED) is 0.718. The lowest BCUT2D eigenvalue weighted by molar-refractivity contribution is 0.0945. The molecule has 0 saturated carbocycles. The second kappa shape index (κ2) is 8.83. The maximum Gasteiger partial charge on any atom is 0.270 e. The Balaban J connectivity index is 2.03. The molecule has 2 aromatic rings. The third-order valence-corrected chi connectivity index (χ3v) is 3.31. The second-order valence-corrected chi connectivity index (χ2v) is 5.13. The van der Waals surface area contributed by atoms with Crippen LogP contribution in [0.5, 0.6) is 5.75 Å². The second-order valence-electron chi connectivity index (χ2n) is 5.13. The fourth-order valence-electron chi connectivity index (χ4n) is 2.14. The van der Waals surface area contributed by atoms with Gasteiger partial charge in [-0.05, 0) is 19.1 Å². The molecule has 1 aromatic carbocycles. The molecule has 0 radical (unpaired) electrons. The summed E-state index contributed by atoms with van der Waals surface area (Å²) in [6, 6.07) is 9.20. The first-order chi connectivity index (χ1) is 11.6. The molecule has 0 spiro atoms. The fraction of sp³-hybridized carbons (Fsp3) is 0.353. The number of amides is 1. The van der Waals surface area contributed by atoms with Gasteiger partial charge in [0.05, 0.1) is 13.7 Å². The SMILES string of the molecule is COCCNc1nc(C)cc(C(=O)NCc2ccccc2OC)n1. The van der Waals surface area contributed by atoms with Crippen LogP contribution in [-0.4, -0.2) is 43.2 Å². The fourth-order valence-corrected chi connectivity index (χ4v) is 2.14. The van der Waals surface area contributed by atoms with Gasteiger partial charge >= 0.3 is 0 Å². The Morgan fingerprint density at radius 2 is 2.00 bits per heavy atom. The molecule has 1 amide bonds. The van der Waals surface area contributed by atoms with E-state index in [1.807, 2.05) is 31.2 Å². The Bertz CT molecular complexity index is 691. The van der Waals surface area contributed by atoms with Gasteiger partial charge in [0.25, 0.3) is 5.91 Å². The maximum absolute atomic E-state index is 12.4. The Morgan fingerprint density at radius 3 is 2.75 bits per heavy atom. The smallest absolute Gasteiger partial charge is 0.270 e. The first-order valence-electron chi connectivity index (χ1n) is 7.62. The van der Waals surface area contributed by atoms with E-state index < -0.39 is 0 Å². The summed E-state index contributed by atoms with van der Waals surface area (Å²) in [6.45, 7) is 3.29. The zero-order valence-electron chi connectivity index (χ0n) is 14.1. The standard InChI is InChI=1S/C17H22N4O3/c1-12-10-14(21-17(20-12)18-8-9-23-2)16(22)19-11-13-6-4-5-7-15(13)24-3/h4-7,10H,8-9,11H2,1-3H3,(H,19,22)(H,18,20,21). The molecule has 0 aliphatic carbocycles. The number of para-hydroxylation sites is 1. The minimum absolute atomic E-state index is 0.263. The number of methoxy groups -OCH3 is 2. The van der Waals surface area contributed by atoms with Crippen molar-refractivity contribution in [2.24, 2.45) is 0 Å². The lowest BCUT2D eigenvalue weighted by atomic mass is 10.2. The first-order valence-corrected chi connectivity index (χ1v) is 7.62. The van der Waals surface area contributed by atoms with E-state index >= 15 is 0 Å². The Kier molecular flexibility index (Phi) is 6.51. The average Bonchev–Trinajstić information content (AvgIpc) is 2.59. The van der Waals surface area contributed by atoms with E-state index in [4.69, 9.17) is 9.47 Å². The van der Waals surface area contributed by atoms with Gasteiger partial charge in [-0.15, -0.1) is 0 Å². The molecule has 0 unspecified atom stereocenters. The highest BCUT2D eigenvalue weighted by molar-refractivity contribution is 5.92. The summed E-state index contributed by atoms with van der Waals surface area (Å²) < 4.78 is 10.2. The molecule has 0 aliphatic heterocycles. The van der Waals surface area contributed by atoms with Crippen LogP contribution >= 0.6 is 0 Å². The summed E-state index contributed by atoms with van der Waals surface area (Å²) in [5.74, 6) is 0.884. The van der Waals surface area contributed by atoms with Gasteiger partial charge in [-0.2, -0.15) is 0 Å². The Hall–Kier alpha value is -2.67. The highest BCUT2D eigenvalue weighted by Gasteiger charge is 2.11. The van der Waals surface area contributed by atoms with Gasteiger partial charge in [-0.25, -0.2) is 9.97 Å². The van der Waals surface area contributed by atoms with E-state index in [-0.39, 0.29) is 5.91 Å². The van der Waals surface area contributed by atoms with E-state index in [0.29, 0.717) is 37.0 Å². The number of hydrogen-bond donors (Lipinski definition) is 2. The predicted octanol–water partition coefficient (Wildman–Crippen LogP) is 1.78. The zero-order valence-corrected chi connectivity index (χ0v) is 14.1. The van der Waals surface area contributed by atoms with Gasteiger partial charge in [-0.3, -0.25) is 4.79 Å². The zero-order chi connectivity index (χ0) is 17.4. The van der Waals surface area contributed by atoms with Crippen LogP contribution < -0.4 is 15.4 Å². The van der Waals surface area contributed by atoms with E-state index in [1.165, 1.54) is 0 Å². The predicted molar refractivity (Wildman–Crippen MR) is 91.3 cm³/mol. The summed E-state index contributed by atoms with van der Waals surface area (Å²) in [6.07, 6.45) is 0. The van der Waals surface area contributed by atoms with Crippen LogP contribution in [0.2, 0.25) is 0 Å². The number of rotatable bonds is 8. The number of hydrogen-bond acceptors (Lipinski definition) is 6. The van der Waals surface area contributed by atoms with Crippen molar-refractivity contribution in [3.63, 3.8) is 0 Å². The third-order valence-electron chi connectivity index (χ3n) is 3.31. The van der Waals surface area contributed by atoms with Crippen molar-refractivity contribution in [1.82, 2.24) is 15.3 Å². The van der Waals surface area contributed by atoms with Gasteiger partial charge in [0.1, 0.15) is 11.4 Å². The van der Waals surface area contributed by atoms with Crippen molar-refractivity contribution in [2.45, 2.75) is 13.5 Å². The molecule has 1 heterocycles. The molecule has 0 saturated heterocycles. The average molecular weight is 330 g/mol. The molecule has 0 fully saturated rings. The van der Waals surface area contributed by atoms with E-state index in [2.05, 4.69) is 20.6 Å². The van der Waals surface area contributed by atoms with Crippen LogP contribution in [0.3, 0.4) is 0 Å². The molecule has 24 heavy (non-hydrogen) atoms. The number of ether oxygens (including phenoxy) is 2. The van der Waals surface area contributed by atoms with Crippen LogP contribution in [0.1, 0.15) is 21.7 Å². The molecule has 2 rings (SSSR count). The summed E-state index contributed by atoms with van der Waals surface area (Å²) in [5.41, 5.74) is 1.93. The molecule has 0 aliphatic rings. The number of aromatic nitrogens is 2. The van der Waals surface area contributed by atoms with Crippen LogP contribution in [0, 0.1) is 6.92 Å². The van der Waals surface area contributed by atoms with Crippen LogP contribution in [0.25, 0.3) is 0 Å². The first kappa shape index (κ1) is 17.7. The van der Waals surface area contributed by atoms with E-state index in [0.717, 1.165) is 11.3 Å². The molecular weight excluding hydrogens is 308 g/mol. The van der Waals surface area contributed by atoms with Crippen molar-refractivity contribution in [3.8, 4) is 5.75 Å². The van der Waals surface area contributed by atoms with E-state index in [1.54, 1.807) is 20.3 Å². The van der Waals surface area contributed by atoms with E-state index in [9.17, 15) is 4.79 Å². The summed E-state index contributed by atoms with van der Waals surface area (Å²) in [5, 5.41) is 5.88. The molecule has 128 valence electrons. The maximum atomic E-state index is 12.4. The lowest BCUT2D eigenvalue weighted by Crippen LogP contribution is -2.25. The molecule has 7 nitrogen and oxygen atoms in total. The molecule has 0 atom stereocenters. The topological polar surface area (TPSA) is 85.4 Å². The number of carbonyl (C=O) groups excluding carboxylic acids is 1. The summed E-state index contributed by atoms with van der Waals surface area (Å²) in [4.78, 5) is 20.9. The normalized spacial score (nSPS) is 10.3. The number of carbonyl (C=O) groups is 1. The van der Waals surface area contributed by atoms with Crippen LogP contribution in [0.4, 0.5) is 5.95 Å². The van der Waals surface area contributed by atoms with Crippen LogP contribution in [-0.2, 0) is 11.3 Å². The Labute approximate surface area is 141 Å². The minimum Gasteiger partial charge on any atom is -0.496 e. The van der Waals surface area contributed by atoms with Gasteiger partial charge in [-0.1, -0.05) is 18.2 Å².